The Hall–Kier alpha value is -4.78. The molecule has 1 saturated heterocycles. The summed E-state index contributed by atoms with van der Waals surface area (Å²) in [6.45, 7) is 6.89. The van der Waals surface area contributed by atoms with Gasteiger partial charge in [0.05, 0.1) is 45.1 Å². The molecule has 4 aromatic rings. The number of rotatable bonds is 10. The normalized spacial score (nSPS) is 16.8. The van der Waals surface area contributed by atoms with Crippen molar-refractivity contribution in [3.63, 3.8) is 0 Å². The number of nitriles is 1. The smallest absolute Gasteiger partial charge is 0.496 e. The van der Waals surface area contributed by atoms with Gasteiger partial charge in [0.2, 0.25) is 0 Å². The Labute approximate surface area is 270 Å². The van der Waals surface area contributed by atoms with Gasteiger partial charge in [0.25, 0.3) is 0 Å². The molecule has 1 fully saturated rings. The summed E-state index contributed by atoms with van der Waals surface area (Å²) < 4.78 is 29.6. The van der Waals surface area contributed by atoms with Crippen LogP contribution < -0.4 is 14.2 Å². The molecule has 0 bridgehead atoms. The summed E-state index contributed by atoms with van der Waals surface area (Å²) >= 11 is 0. The van der Waals surface area contributed by atoms with E-state index in [1.165, 1.54) is 0 Å². The van der Waals surface area contributed by atoms with Crippen LogP contribution in [0.1, 0.15) is 55.4 Å². The Kier molecular flexibility index (Phi) is 10.3. The zero-order valence-electron chi connectivity index (χ0n) is 26.9. The fourth-order valence-corrected chi connectivity index (χ4v) is 5.69. The molecule has 240 valence electrons. The number of hydrogen-bond donors (Lipinski definition) is 0. The SMILES string of the molecule is COc1cc(COC2CN(OC(=O)OC(C)(C)C)CCC2c2ccc(OCc3cccc(C#N)c3)cc2)c(OC)c2ccccc12. The summed E-state index contributed by atoms with van der Waals surface area (Å²) in [7, 11) is 3.31. The molecule has 4 aromatic carbocycles. The molecular formula is C37H40N2O7. The number of ether oxygens (including phenoxy) is 5. The third-order valence-electron chi connectivity index (χ3n) is 7.80. The monoisotopic (exact) mass is 624 g/mol. The average molecular weight is 625 g/mol. The first-order valence-corrected chi connectivity index (χ1v) is 15.3. The van der Waals surface area contributed by atoms with Crippen molar-refractivity contribution < 1.29 is 33.3 Å². The van der Waals surface area contributed by atoms with Crippen LogP contribution in [0.5, 0.6) is 17.2 Å². The zero-order chi connectivity index (χ0) is 32.7. The Morgan fingerprint density at radius 3 is 2.39 bits per heavy atom. The molecule has 0 radical (unpaired) electrons. The van der Waals surface area contributed by atoms with E-state index in [2.05, 4.69) is 6.07 Å². The van der Waals surface area contributed by atoms with Crippen LogP contribution in [0.25, 0.3) is 10.8 Å². The lowest BCUT2D eigenvalue weighted by Crippen LogP contribution is -2.45. The van der Waals surface area contributed by atoms with Crippen molar-refractivity contribution in [3.05, 3.63) is 101 Å². The highest BCUT2D eigenvalue weighted by Crippen LogP contribution is 2.38. The van der Waals surface area contributed by atoms with Crippen LogP contribution in [0.15, 0.2) is 78.9 Å². The van der Waals surface area contributed by atoms with Crippen LogP contribution in [-0.4, -0.2) is 50.2 Å². The van der Waals surface area contributed by atoms with E-state index in [9.17, 15) is 10.1 Å². The third kappa shape index (κ3) is 8.08. The van der Waals surface area contributed by atoms with Gasteiger partial charge in [-0.25, -0.2) is 4.79 Å². The molecule has 0 amide bonds. The summed E-state index contributed by atoms with van der Waals surface area (Å²) in [5, 5.41) is 12.7. The van der Waals surface area contributed by atoms with E-state index in [1.807, 2.05) is 72.8 Å². The number of benzene rings is 4. The van der Waals surface area contributed by atoms with Crippen LogP contribution in [0, 0.1) is 11.3 Å². The highest BCUT2D eigenvalue weighted by atomic mass is 16.8. The minimum absolute atomic E-state index is 0.0215. The second-order valence-electron chi connectivity index (χ2n) is 12.2. The van der Waals surface area contributed by atoms with Gasteiger partial charge >= 0.3 is 6.16 Å². The van der Waals surface area contributed by atoms with Gasteiger partial charge in [-0.05, 0) is 68.7 Å². The minimum atomic E-state index is -0.743. The van der Waals surface area contributed by atoms with Gasteiger partial charge in [-0.1, -0.05) is 48.5 Å². The number of hydroxylamine groups is 2. The van der Waals surface area contributed by atoms with Gasteiger partial charge in [-0.2, -0.15) is 5.26 Å². The predicted octanol–water partition coefficient (Wildman–Crippen LogP) is 7.55. The van der Waals surface area contributed by atoms with Crippen LogP contribution in [-0.2, 0) is 27.5 Å². The molecule has 0 N–H and O–H groups in total. The van der Waals surface area contributed by atoms with Crippen LogP contribution >= 0.6 is 0 Å². The van der Waals surface area contributed by atoms with Gasteiger partial charge in [0.15, 0.2) is 0 Å². The number of carbonyl (C=O) groups is 1. The summed E-state index contributed by atoms with van der Waals surface area (Å²) in [6, 6.07) is 27.4. The zero-order valence-corrected chi connectivity index (χ0v) is 26.9. The molecule has 1 aliphatic rings. The van der Waals surface area contributed by atoms with E-state index in [0.717, 1.165) is 44.7 Å². The summed E-state index contributed by atoms with van der Waals surface area (Å²) in [4.78, 5) is 18.1. The van der Waals surface area contributed by atoms with E-state index >= 15 is 0 Å². The van der Waals surface area contributed by atoms with Crippen LogP contribution in [0.4, 0.5) is 4.79 Å². The van der Waals surface area contributed by atoms with Gasteiger partial charge in [0.1, 0.15) is 29.5 Å². The summed E-state index contributed by atoms with van der Waals surface area (Å²) in [6.07, 6.45) is -0.376. The lowest BCUT2D eigenvalue weighted by molar-refractivity contribution is -0.179. The van der Waals surface area contributed by atoms with Crippen molar-refractivity contribution in [2.45, 2.75) is 58.0 Å². The lowest BCUT2D eigenvalue weighted by Gasteiger charge is -2.37. The standard InChI is InChI=1S/C37H40N2O7/c1-37(2,3)45-36(40)46-39-18-17-30(27-13-15-29(16-14-27)43-23-26-10-8-9-25(19-26)21-38)34(22-39)44-24-28-20-33(41-4)31-11-6-7-12-32(31)35(28)42-5/h6-16,19-20,30,34H,17-18,22-24H2,1-5H3. The lowest BCUT2D eigenvalue weighted by atomic mass is 9.87. The number of methoxy groups -OCH3 is 2. The number of fused-ring (bicyclic) bond motifs is 1. The van der Waals surface area contributed by atoms with Crippen LogP contribution in [0.2, 0.25) is 0 Å². The van der Waals surface area contributed by atoms with E-state index in [-0.39, 0.29) is 18.6 Å². The number of nitrogens with zero attached hydrogens (tertiary/aromatic N) is 2. The number of piperidine rings is 1. The molecule has 9 nitrogen and oxygen atoms in total. The predicted molar refractivity (Wildman–Crippen MR) is 174 cm³/mol. The molecular weight excluding hydrogens is 584 g/mol. The fraction of sp³-hybridized carbons (Fsp3) is 0.351. The van der Waals surface area contributed by atoms with E-state index in [4.69, 9.17) is 28.5 Å². The largest absolute Gasteiger partial charge is 0.528 e. The Balaban J connectivity index is 1.34. The maximum atomic E-state index is 12.5. The quantitative estimate of drug-likeness (QED) is 0.166. The van der Waals surface area contributed by atoms with Crippen molar-refractivity contribution in [2.24, 2.45) is 0 Å². The van der Waals surface area contributed by atoms with Crippen molar-refractivity contribution in [2.75, 3.05) is 27.3 Å². The van der Waals surface area contributed by atoms with Crippen molar-refractivity contribution in [3.8, 4) is 23.3 Å². The second-order valence-corrected chi connectivity index (χ2v) is 12.2. The van der Waals surface area contributed by atoms with Gasteiger partial charge in [-0.15, -0.1) is 5.06 Å². The van der Waals surface area contributed by atoms with Gasteiger partial charge in [-0.3, -0.25) is 0 Å². The summed E-state index contributed by atoms with van der Waals surface area (Å²) in [5.74, 6) is 2.21. The highest BCUT2D eigenvalue weighted by molar-refractivity contribution is 5.94. The molecule has 9 heteroatoms. The van der Waals surface area contributed by atoms with Crippen LogP contribution in [0.3, 0.4) is 0 Å². The first kappa shape index (κ1) is 32.6. The van der Waals surface area contributed by atoms with Crippen molar-refractivity contribution in [1.82, 2.24) is 5.06 Å². The highest BCUT2D eigenvalue weighted by Gasteiger charge is 2.34. The Bertz CT molecular complexity index is 1690. The molecule has 0 saturated carbocycles. The van der Waals surface area contributed by atoms with Gasteiger partial charge in [0, 0.05) is 28.8 Å². The molecule has 1 heterocycles. The molecule has 2 unspecified atom stereocenters. The molecule has 1 aliphatic heterocycles. The fourth-order valence-electron chi connectivity index (χ4n) is 5.69. The first-order valence-electron chi connectivity index (χ1n) is 15.3. The topological polar surface area (TPSA) is 99.5 Å². The average Bonchev–Trinajstić information content (AvgIpc) is 3.05. The van der Waals surface area contributed by atoms with Crippen molar-refractivity contribution in [1.29, 1.82) is 5.26 Å². The maximum Gasteiger partial charge on any atom is 0.528 e. The number of hydrogen-bond acceptors (Lipinski definition) is 9. The molecule has 5 rings (SSSR count). The number of carbonyl (C=O) groups excluding carboxylic acids is 1. The minimum Gasteiger partial charge on any atom is -0.496 e. The van der Waals surface area contributed by atoms with E-state index < -0.39 is 11.8 Å². The van der Waals surface area contributed by atoms with Gasteiger partial charge < -0.3 is 28.5 Å². The Morgan fingerprint density at radius 1 is 0.935 bits per heavy atom. The molecule has 46 heavy (non-hydrogen) atoms. The van der Waals surface area contributed by atoms with Crippen molar-refractivity contribution >= 4 is 16.9 Å². The first-order chi connectivity index (χ1) is 22.2. The molecule has 0 spiro atoms. The maximum absolute atomic E-state index is 12.5. The molecule has 0 aliphatic carbocycles. The Morgan fingerprint density at radius 2 is 1.70 bits per heavy atom. The van der Waals surface area contributed by atoms with E-state index in [0.29, 0.717) is 31.7 Å². The van der Waals surface area contributed by atoms with E-state index in [1.54, 1.807) is 46.1 Å². The third-order valence-corrected chi connectivity index (χ3v) is 7.80. The molecule has 0 aromatic heterocycles. The molecule has 2 atom stereocenters. The second kappa shape index (κ2) is 14.5. The summed E-state index contributed by atoms with van der Waals surface area (Å²) in [5.41, 5.74) is 2.80.